The van der Waals surface area contributed by atoms with Gasteiger partial charge in [-0.05, 0) is 23.2 Å². The zero-order valence-corrected chi connectivity index (χ0v) is 18.7. The molecule has 1 aromatic carbocycles. The molecule has 0 bridgehead atoms. The fourth-order valence-electron chi connectivity index (χ4n) is 2.11. The third-order valence-corrected chi connectivity index (χ3v) is 9.63. The Morgan fingerprint density at radius 2 is 1.45 bits per heavy atom. The van der Waals surface area contributed by atoms with Crippen LogP contribution in [-0.4, -0.2) is 25.9 Å². The van der Waals surface area contributed by atoms with Crippen LogP contribution in [0.5, 0.6) is 0 Å². The van der Waals surface area contributed by atoms with Gasteiger partial charge in [-0.15, -0.1) is 11.5 Å². The lowest BCUT2D eigenvalue weighted by atomic mass is 10.0. The Hall–Kier alpha value is -2.48. The molecule has 3 N–H and O–H groups in total. The second-order valence-electron chi connectivity index (χ2n) is 8.60. The van der Waals surface area contributed by atoms with Gasteiger partial charge in [0.2, 0.25) is 5.91 Å². The van der Waals surface area contributed by atoms with Crippen molar-refractivity contribution in [3.05, 3.63) is 34.9 Å². The smallest absolute Gasteiger partial charge is 0.368 e. The average molecular weight is 466 g/mol. The first-order chi connectivity index (χ1) is 13.8. The first-order valence-corrected chi connectivity index (χ1v) is 12.2. The monoisotopic (exact) mass is 466 g/mol. The fraction of sp³-hybridized carbons (Fsp3) is 0.500. The molecule has 0 aliphatic heterocycles. The largest absolute Gasteiger partial charge is 0.416 e. The molecular weight excluding hydrogens is 442 g/mol. The van der Waals surface area contributed by atoms with Crippen LogP contribution in [0.3, 0.4) is 0 Å². The molecule has 0 aliphatic carbocycles. The van der Waals surface area contributed by atoms with Gasteiger partial charge in [-0.2, -0.15) is 26.3 Å². The minimum Gasteiger partial charge on any atom is -0.368 e. The van der Waals surface area contributed by atoms with Gasteiger partial charge in [0.1, 0.15) is 14.1 Å². The SMILES string of the molecule is CC(C)(C)[Si](C)(C)C#CC[C@H](NC(=O)c1cc(C(F)(F)F)cc(C(F)(F)F)c1)C(N)=O. The summed E-state index contributed by atoms with van der Waals surface area (Å²) < 4.78 is 77.9. The van der Waals surface area contributed by atoms with E-state index in [0.717, 1.165) is 0 Å². The zero-order valence-electron chi connectivity index (χ0n) is 17.7. The zero-order chi connectivity index (χ0) is 24.4. The summed E-state index contributed by atoms with van der Waals surface area (Å²) in [5.41, 5.74) is 4.14. The van der Waals surface area contributed by atoms with Crippen LogP contribution in [0.4, 0.5) is 26.3 Å². The van der Waals surface area contributed by atoms with Crippen molar-refractivity contribution in [2.24, 2.45) is 5.73 Å². The summed E-state index contributed by atoms with van der Waals surface area (Å²) >= 11 is 0. The third kappa shape index (κ3) is 7.31. The lowest BCUT2D eigenvalue weighted by Gasteiger charge is -2.31. The molecular formula is C20H24F6N2O2Si. The number of amides is 2. The van der Waals surface area contributed by atoms with Crippen LogP contribution in [-0.2, 0) is 17.1 Å². The summed E-state index contributed by atoms with van der Waals surface area (Å²) in [6.07, 6.45) is -10.4. The highest BCUT2D eigenvalue weighted by Crippen LogP contribution is 2.36. The van der Waals surface area contributed by atoms with Crippen molar-refractivity contribution >= 4 is 19.9 Å². The summed E-state index contributed by atoms with van der Waals surface area (Å²) in [7, 11) is -2.04. The molecule has 0 fully saturated rings. The Kier molecular flexibility index (Phi) is 7.66. The Balaban J connectivity index is 3.21. The van der Waals surface area contributed by atoms with Crippen LogP contribution in [0.1, 0.15) is 48.7 Å². The molecule has 0 aliphatic rings. The number of benzene rings is 1. The summed E-state index contributed by atoms with van der Waals surface area (Å²) in [6, 6.07) is -0.908. The highest BCUT2D eigenvalue weighted by atomic mass is 28.3. The predicted octanol–water partition coefficient (Wildman–Crippen LogP) is 4.75. The maximum atomic E-state index is 13.0. The topological polar surface area (TPSA) is 72.2 Å². The molecule has 0 unspecified atom stereocenters. The lowest BCUT2D eigenvalue weighted by Crippen LogP contribution is -2.44. The number of halogens is 6. The van der Waals surface area contributed by atoms with E-state index in [2.05, 4.69) is 16.8 Å². The molecule has 2 amide bonds. The highest BCUT2D eigenvalue weighted by Gasteiger charge is 2.38. The first kappa shape index (κ1) is 26.6. The normalized spacial score (nSPS) is 13.8. The van der Waals surface area contributed by atoms with Crippen LogP contribution in [0.25, 0.3) is 0 Å². The van der Waals surface area contributed by atoms with Gasteiger partial charge in [0.25, 0.3) is 5.91 Å². The number of hydrogen-bond acceptors (Lipinski definition) is 2. The molecule has 0 saturated carbocycles. The van der Waals surface area contributed by atoms with Crippen molar-refractivity contribution < 1.29 is 35.9 Å². The van der Waals surface area contributed by atoms with E-state index in [9.17, 15) is 35.9 Å². The van der Waals surface area contributed by atoms with Crippen molar-refractivity contribution in [2.75, 3.05) is 0 Å². The minimum absolute atomic E-state index is 0.0858. The van der Waals surface area contributed by atoms with Gasteiger partial charge in [-0.1, -0.05) is 33.9 Å². The van der Waals surface area contributed by atoms with Gasteiger partial charge in [0.05, 0.1) is 11.1 Å². The van der Waals surface area contributed by atoms with Crippen LogP contribution < -0.4 is 11.1 Å². The van der Waals surface area contributed by atoms with Gasteiger partial charge in [0.15, 0.2) is 0 Å². The molecule has 0 spiro atoms. The standard InChI is InChI=1S/C20H24F6N2O2Si/c1-18(2,3)31(4,5)8-6-7-15(16(27)29)28-17(30)12-9-13(19(21,22)23)11-14(10-12)20(24,25)26/h9-11,15H,7H2,1-5H3,(H2,27,29)(H,28,30)/t15-/m0/s1. The number of primary amides is 1. The third-order valence-electron chi connectivity index (χ3n) is 5.08. The van der Waals surface area contributed by atoms with E-state index in [-0.39, 0.29) is 29.7 Å². The van der Waals surface area contributed by atoms with E-state index in [4.69, 9.17) is 5.73 Å². The minimum atomic E-state index is -5.10. The van der Waals surface area contributed by atoms with E-state index in [0.29, 0.717) is 0 Å². The number of alkyl halides is 6. The first-order valence-electron chi connectivity index (χ1n) is 9.15. The van der Waals surface area contributed by atoms with Crippen LogP contribution in [0, 0.1) is 11.5 Å². The molecule has 172 valence electrons. The number of nitrogens with one attached hydrogen (secondary N) is 1. The van der Waals surface area contributed by atoms with E-state index in [1.165, 1.54) is 0 Å². The van der Waals surface area contributed by atoms with E-state index >= 15 is 0 Å². The van der Waals surface area contributed by atoms with E-state index < -0.39 is 55.0 Å². The number of carbonyl (C=O) groups excluding carboxylic acids is 2. The number of rotatable bonds is 4. The Morgan fingerprint density at radius 1 is 1.00 bits per heavy atom. The second-order valence-corrected chi connectivity index (χ2v) is 13.6. The van der Waals surface area contributed by atoms with Crippen molar-refractivity contribution in [3.63, 3.8) is 0 Å². The molecule has 1 atom stereocenters. The second kappa shape index (κ2) is 8.94. The molecule has 31 heavy (non-hydrogen) atoms. The molecule has 0 heterocycles. The molecule has 11 heteroatoms. The molecule has 1 rings (SSSR count). The summed E-state index contributed by atoms with van der Waals surface area (Å²) in [4.78, 5) is 24.0. The number of hydrogen-bond donors (Lipinski definition) is 2. The summed E-state index contributed by atoms with van der Waals surface area (Å²) in [6.45, 7) is 10.0. The molecule has 1 aromatic rings. The van der Waals surface area contributed by atoms with Gasteiger partial charge in [-0.25, -0.2) is 0 Å². The van der Waals surface area contributed by atoms with Crippen molar-refractivity contribution in [1.82, 2.24) is 5.32 Å². The molecule has 0 saturated heterocycles. The predicted molar refractivity (Wildman–Crippen MR) is 106 cm³/mol. The van der Waals surface area contributed by atoms with Crippen molar-refractivity contribution in [1.29, 1.82) is 0 Å². The van der Waals surface area contributed by atoms with Gasteiger partial charge in [-0.3, -0.25) is 9.59 Å². The van der Waals surface area contributed by atoms with Crippen LogP contribution in [0.2, 0.25) is 18.1 Å². The van der Waals surface area contributed by atoms with E-state index in [1.54, 1.807) is 0 Å². The Morgan fingerprint density at radius 3 is 1.81 bits per heavy atom. The Labute approximate surface area is 177 Å². The van der Waals surface area contributed by atoms with Crippen LogP contribution >= 0.6 is 0 Å². The number of carbonyl (C=O) groups is 2. The quantitative estimate of drug-likeness (QED) is 0.382. The fourth-order valence-corrected chi connectivity index (χ4v) is 3.03. The van der Waals surface area contributed by atoms with Gasteiger partial charge < -0.3 is 11.1 Å². The van der Waals surface area contributed by atoms with Crippen LogP contribution in [0.15, 0.2) is 18.2 Å². The van der Waals surface area contributed by atoms with Crippen molar-refractivity contribution in [2.45, 2.75) is 63.7 Å². The molecule has 4 nitrogen and oxygen atoms in total. The van der Waals surface area contributed by atoms with Gasteiger partial charge >= 0.3 is 12.4 Å². The van der Waals surface area contributed by atoms with E-state index in [1.807, 2.05) is 33.9 Å². The Bertz CT molecular complexity index is 873. The highest BCUT2D eigenvalue weighted by molar-refractivity contribution is 6.87. The summed E-state index contributed by atoms with van der Waals surface area (Å²) in [5.74, 6) is 0.468. The van der Waals surface area contributed by atoms with Crippen molar-refractivity contribution in [3.8, 4) is 11.5 Å². The average Bonchev–Trinajstić information content (AvgIpc) is 2.57. The maximum absolute atomic E-state index is 13.0. The lowest BCUT2D eigenvalue weighted by molar-refractivity contribution is -0.143. The molecule has 0 radical (unpaired) electrons. The summed E-state index contributed by atoms with van der Waals surface area (Å²) in [5, 5.41) is 1.99. The van der Waals surface area contributed by atoms with Gasteiger partial charge in [0, 0.05) is 12.0 Å². The number of nitrogens with two attached hydrogens (primary N) is 1. The molecule has 0 aromatic heterocycles. The maximum Gasteiger partial charge on any atom is 0.416 e.